The van der Waals surface area contributed by atoms with E-state index >= 15 is 0 Å². The highest BCUT2D eigenvalue weighted by molar-refractivity contribution is 5.86. The zero-order valence-electron chi connectivity index (χ0n) is 17.1. The molecule has 0 heterocycles. The van der Waals surface area contributed by atoms with Gasteiger partial charge in [0.05, 0.1) is 17.9 Å². The maximum absolute atomic E-state index is 13.4. The Kier molecular flexibility index (Phi) is 7.16. The summed E-state index contributed by atoms with van der Waals surface area (Å²) in [5, 5.41) is 5.17. The van der Waals surface area contributed by atoms with Crippen LogP contribution in [0.2, 0.25) is 0 Å². The average molecular weight is 408 g/mol. The van der Waals surface area contributed by atoms with Crippen molar-refractivity contribution in [1.82, 2.24) is 0 Å². The van der Waals surface area contributed by atoms with Crippen molar-refractivity contribution in [1.29, 1.82) is 0 Å². The number of hydrogen-bond donors (Lipinski definition) is 2. The van der Waals surface area contributed by atoms with Crippen molar-refractivity contribution in [2.45, 2.75) is 52.3 Å². The highest BCUT2D eigenvalue weighted by atomic mass is 19.4. The van der Waals surface area contributed by atoms with Crippen molar-refractivity contribution in [2.24, 2.45) is 0 Å². The quantitative estimate of drug-likeness (QED) is 0.568. The van der Waals surface area contributed by atoms with Gasteiger partial charge in [-0.3, -0.25) is 5.32 Å². The second kappa shape index (κ2) is 9.20. The van der Waals surface area contributed by atoms with Crippen LogP contribution >= 0.6 is 0 Å². The predicted octanol–water partition coefficient (Wildman–Crippen LogP) is 6.57. The fourth-order valence-corrected chi connectivity index (χ4v) is 2.67. The number of alkyl halides is 3. The van der Waals surface area contributed by atoms with Crippen molar-refractivity contribution in [3.05, 3.63) is 59.2 Å². The molecule has 4 nitrogen and oxygen atoms in total. The SMILES string of the molecule is CCCOC(=O)Nc1ccc(NCc2ccc(C(C)(C)C)cc2)cc1C(F)(F)F. The Morgan fingerprint density at radius 1 is 1.03 bits per heavy atom. The highest BCUT2D eigenvalue weighted by Crippen LogP contribution is 2.36. The number of carbonyl (C=O) groups excluding carboxylic acids is 1. The fraction of sp³-hybridized carbons (Fsp3) is 0.409. The Bertz CT molecular complexity index is 825. The lowest BCUT2D eigenvalue weighted by molar-refractivity contribution is -0.136. The number of hydrogen-bond acceptors (Lipinski definition) is 3. The fourth-order valence-electron chi connectivity index (χ4n) is 2.67. The third-order valence-corrected chi connectivity index (χ3v) is 4.32. The van der Waals surface area contributed by atoms with Crippen LogP contribution in [0.4, 0.5) is 29.3 Å². The Balaban J connectivity index is 2.12. The molecule has 1 amide bonds. The van der Waals surface area contributed by atoms with Gasteiger partial charge in [-0.25, -0.2) is 4.79 Å². The number of anilines is 2. The molecule has 0 saturated heterocycles. The van der Waals surface area contributed by atoms with Crippen molar-refractivity contribution >= 4 is 17.5 Å². The van der Waals surface area contributed by atoms with Gasteiger partial charge in [-0.05, 0) is 41.2 Å². The van der Waals surface area contributed by atoms with Gasteiger partial charge in [0.25, 0.3) is 0 Å². The molecule has 2 aromatic rings. The smallest absolute Gasteiger partial charge is 0.418 e. The summed E-state index contributed by atoms with van der Waals surface area (Å²) in [4.78, 5) is 11.6. The van der Waals surface area contributed by atoms with Gasteiger partial charge in [0.15, 0.2) is 0 Å². The van der Waals surface area contributed by atoms with Crippen LogP contribution in [0, 0.1) is 0 Å². The van der Waals surface area contributed by atoms with Crippen LogP contribution in [0.5, 0.6) is 0 Å². The van der Waals surface area contributed by atoms with Crippen LogP contribution in [0.1, 0.15) is 50.8 Å². The molecular weight excluding hydrogens is 381 g/mol. The summed E-state index contributed by atoms with van der Waals surface area (Å²) in [6, 6.07) is 11.7. The van der Waals surface area contributed by atoms with E-state index in [9.17, 15) is 18.0 Å². The van der Waals surface area contributed by atoms with Crippen LogP contribution in [-0.2, 0) is 22.9 Å². The second-order valence-electron chi connectivity index (χ2n) is 7.82. The average Bonchev–Trinajstić information content (AvgIpc) is 2.64. The number of nitrogens with one attached hydrogen (secondary N) is 2. The Morgan fingerprint density at radius 3 is 2.24 bits per heavy atom. The Morgan fingerprint density at radius 2 is 1.69 bits per heavy atom. The largest absolute Gasteiger partial charge is 0.449 e. The first-order chi connectivity index (χ1) is 13.5. The van der Waals surface area contributed by atoms with Gasteiger partial charge in [-0.2, -0.15) is 13.2 Å². The first-order valence-electron chi connectivity index (χ1n) is 9.49. The molecule has 0 spiro atoms. The van der Waals surface area contributed by atoms with Crippen LogP contribution in [-0.4, -0.2) is 12.7 Å². The third kappa shape index (κ3) is 6.69. The minimum atomic E-state index is -4.61. The van der Waals surface area contributed by atoms with Gasteiger partial charge >= 0.3 is 12.3 Å². The summed E-state index contributed by atoms with van der Waals surface area (Å²) in [5.74, 6) is 0. The van der Waals surface area contributed by atoms with E-state index in [4.69, 9.17) is 4.74 Å². The molecule has 7 heteroatoms. The van der Waals surface area contributed by atoms with E-state index in [0.717, 1.165) is 11.6 Å². The van der Waals surface area contributed by atoms with E-state index in [1.807, 2.05) is 24.3 Å². The lowest BCUT2D eigenvalue weighted by Crippen LogP contribution is -2.18. The van der Waals surface area contributed by atoms with Gasteiger partial charge in [0, 0.05) is 12.2 Å². The monoisotopic (exact) mass is 408 g/mol. The van der Waals surface area contributed by atoms with E-state index in [2.05, 4.69) is 31.4 Å². The number of halogens is 3. The summed E-state index contributed by atoms with van der Waals surface area (Å²) in [6.45, 7) is 8.67. The van der Waals surface area contributed by atoms with Crippen LogP contribution in [0.15, 0.2) is 42.5 Å². The molecule has 2 N–H and O–H groups in total. The lowest BCUT2D eigenvalue weighted by atomic mass is 9.87. The van der Waals surface area contributed by atoms with Gasteiger partial charge in [0.2, 0.25) is 0 Å². The van der Waals surface area contributed by atoms with Crippen LogP contribution < -0.4 is 10.6 Å². The standard InChI is InChI=1S/C22H27F3N2O2/c1-5-12-29-20(28)27-19-11-10-17(13-18(19)22(23,24)25)26-14-15-6-8-16(9-7-15)21(2,3)4/h6-11,13,26H,5,12,14H2,1-4H3,(H,27,28). The van der Waals surface area contributed by atoms with Crippen LogP contribution in [0.25, 0.3) is 0 Å². The van der Waals surface area contributed by atoms with E-state index < -0.39 is 17.8 Å². The van der Waals surface area contributed by atoms with E-state index in [1.54, 1.807) is 6.92 Å². The molecule has 0 atom stereocenters. The summed E-state index contributed by atoms with van der Waals surface area (Å²) in [7, 11) is 0. The molecule has 0 saturated carbocycles. The molecule has 0 aliphatic heterocycles. The van der Waals surface area contributed by atoms with Gasteiger partial charge in [-0.1, -0.05) is 52.0 Å². The maximum atomic E-state index is 13.4. The molecule has 2 rings (SSSR count). The summed E-state index contributed by atoms with van der Waals surface area (Å²) in [5.41, 5.74) is 1.22. The molecule has 0 aromatic heterocycles. The van der Waals surface area contributed by atoms with Crippen LogP contribution in [0.3, 0.4) is 0 Å². The predicted molar refractivity (Wildman–Crippen MR) is 109 cm³/mol. The molecular formula is C22H27F3N2O2. The van der Waals surface area contributed by atoms with Crippen molar-refractivity contribution < 1.29 is 22.7 Å². The first kappa shape index (κ1) is 22.6. The van der Waals surface area contributed by atoms with E-state index in [1.165, 1.54) is 17.7 Å². The Labute approximate surface area is 169 Å². The molecule has 0 aliphatic carbocycles. The number of benzene rings is 2. The normalized spacial score (nSPS) is 11.8. The molecule has 2 aromatic carbocycles. The lowest BCUT2D eigenvalue weighted by Gasteiger charge is -2.19. The van der Waals surface area contributed by atoms with E-state index in [0.29, 0.717) is 18.7 Å². The molecule has 0 unspecified atom stereocenters. The minimum absolute atomic E-state index is 0.0364. The summed E-state index contributed by atoms with van der Waals surface area (Å²) < 4.78 is 45.1. The zero-order chi connectivity index (χ0) is 21.7. The summed E-state index contributed by atoms with van der Waals surface area (Å²) in [6.07, 6.45) is -4.93. The van der Waals surface area contributed by atoms with Crippen molar-refractivity contribution in [2.75, 3.05) is 17.2 Å². The zero-order valence-corrected chi connectivity index (χ0v) is 17.1. The molecule has 29 heavy (non-hydrogen) atoms. The molecule has 0 fully saturated rings. The minimum Gasteiger partial charge on any atom is -0.449 e. The highest BCUT2D eigenvalue weighted by Gasteiger charge is 2.34. The van der Waals surface area contributed by atoms with Gasteiger partial charge < -0.3 is 10.1 Å². The number of amides is 1. The topological polar surface area (TPSA) is 50.4 Å². The van der Waals surface area contributed by atoms with Crippen molar-refractivity contribution in [3.8, 4) is 0 Å². The third-order valence-electron chi connectivity index (χ3n) is 4.32. The summed E-state index contributed by atoms with van der Waals surface area (Å²) >= 11 is 0. The second-order valence-corrected chi connectivity index (χ2v) is 7.82. The molecule has 0 bridgehead atoms. The van der Waals surface area contributed by atoms with E-state index in [-0.39, 0.29) is 17.7 Å². The maximum Gasteiger partial charge on any atom is 0.418 e. The first-order valence-corrected chi connectivity index (χ1v) is 9.49. The Hall–Kier alpha value is -2.70. The van der Waals surface area contributed by atoms with Gasteiger partial charge in [-0.15, -0.1) is 0 Å². The molecule has 158 valence electrons. The van der Waals surface area contributed by atoms with Gasteiger partial charge in [0.1, 0.15) is 0 Å². The van der Waals surface area contributed by atoms with Crippen molar-refractivity contribution in [3.63, 3.8) is 0 Å². The molecule has 0 aliphatic rings. The number of ether oxygens (including phenoxy) is 1. The number of rotatable bonds is 6. The number of carbonyl (C=O) groups is 1. The molecule has 0 radical (unpaired) electrons.